The SMILES string of the molecule is COc1ccccc1N1CCN(C(=O)c2coc(CN3CCN(Cc4ccncc4)CC3)n2)CC1. The first kappa shape index (κ1) is 23.3. The lowest BCUT2D eigenvalue weighted by molar-refractivity contribution is 0.0740. The molecule has 5 rings (SSSR count). The molecule has 2 aromatic heterocycles. The Morgan fingerprint density at radius 2 is 1.60 bits per heavy atom. The number of para-hydroxylation sites is 2. The van der Waals surface area contributed by atoms with E-state index >= 15 is 0 Å². The summed E-state index contributed by atoms with van der Waals surface area (Å²) in [7, 11) is 1.68. The molecule has 0 saturated carbocycles. The molecular formula is C26H32N6O3. The monoisotopic (exact) mass is 476 g/mol. The van der Waals surface area contributed by atoms with Gasteiger partial charge in [-0.05, 0) is 29.8 Å². The second kappa shape index (κ2) is 10.9. The van der Waals surface area contributed by atoms with Gasteiger partial charge in [0.2, 0.25) is 5.89 Å². The Morgan fingerprint density at radius 1 is 0.914 bits per heavy atom. The predicted molar refractivity (Wildman–Crippen MR) is 132 cm³/mol. The predicted octanol–water partition coefficient (Wildman–Crippen LogP) is 2.36. The Bertz CT molecular complexity index is 1110. The van der Waals surface area contributed by atoms with Crippen LogP contribution in [0.25, 0.3) is 0 Å². The maximum atomic E-state index is 13.0. The van der Waals surface area contributed by atoms with Crippen molar-refractivity contribution in [2.75, 3.05) is 64.4 Å². The van der Waals surface area contributed by atoms with Crippen LogP contribution >= 0.6 is 0 Å². The summed E-state index contributed by atoms with van der Waals surface area (Å²) < 4.78 is 11.2. The number of nitrogens with zero attached hydrogens (tertiary/aromatic N) is 6. The van der Waals surface area contributed by atoms with Gasteiger partial charge in [0, 0.05) is 71.3 Å². The smallest absolute Gasteiger partial charge is 0.275 e. The Hall–Kier alpha value is -3.43. The number of ether oxygens (including phenoxy) is 1. The van der Waals surface area contributed by atoms with Crippen LogP contribution in [0.15, 0.2) is 59.5 Å². The quantitative estimate of drug-likeness (QED) is 0.514. The molecule has 0 unspecified atom stereocenters. The summed E-state index contributed by atoms with van der Waals surface area (Å²) in [5.41, 5.74) is 2.74. The standard InChI is InChI=1S/C26H32N6O3/c1-34-24-5-3-2-4-23(24)31-14-16-32(17-15-31)26(33)22-20-35-25(28-22)19-30-12-10-29(11-13-30)18-21-6-8-27-9-7-21/h2-9,20H,10-19H2,1H3. The highest BCUT2D eigenvalue weighted by molar-refractivity contribution is 5.92. The fourth-order valence-corrected chi connectivity index (χ4v) is 4.73. The van der Waals surface area contributed by atoms with Gasteiger partial charge in [-0.15, -0.1) is 0 Å². The van der Waals surface area contributed by atoms with E-state index in [0.29, 0.717) is 31.2 Å². The Kier molecular flexibility index (Phi) is 7.25. The molecule has 2 aliphatic heterocycles. The molecule has 9 nitrogen and oxygen atoms in total. The van der Waals surface area contributed by atoms with Gasteiger partial charge >= 0.3 is 0 Å². The zero-order valence-electron chi connectivity index (χ0n) is 20.2. The number of benzene rings is 1. The van der Waals surface area contributed by atoms with Crippen molar-refractivity contribution in [1.29, 1.82) is 0 Å². The van der Waals surface area contributed by atoms with Crippen molar-refractivity contribution in [2.45, 2.75) is 13.1 Å². The van der Waals surface area contributed by atoms with Crippen LogP contribution in [0.3, 0.4) is 0 Å². The summed E-state index contributed by atoms with van der Waals surface area (Å²) in [5, 5.41) is 0. The molecule has 35 heavy (non-hydrogen) atoms. The molecule has 2 aliphatic rings. The minimum Gasteiger partial charge on any atom is -0.495 e. The van der Waals surface area contributed by atoms with Gasteiger partial charge in [0.05, 0.1) is 19.3 Å². The number of carbonyl (C=O) groups excluding carboxylic acids is 1. The second-order valence-corrected chi connectivity index (χ2v) is 8.99. The van der Waals surface area contributed by atoms with Gasteiger partial charge in [-0.2, -0.15) is 0 Å². The maximum absolute atomic E-state index is 13.0. The highest BCUT2D eigenvalue weighted by atomic mass is 16.5. The van der Waals surface area contributed by atoms with Crippen LogP contribution in [0.4, 0.5) is 5.69 Å². The normalized spacial score (nSPS) is 17.5. The number of oxazole rings is 1. The van der Waals surface area contributed by atoms with Gasteiger partial charge in [-0.25, -0.2) is 4.98 Å². The van der Waals surface area contributed by atoms with Crippen LogP contribution in [0.2, 0.25) is 0 Å². The minimum atomic E-state index is -0.0677. The molecule has 2 saturated heterocycles. The number of hydrogen-bond donors (Lipinski definition) is 0. The fourth-order valence-electron chi connectivity index (χ4n) is 4.73. The topological polar surface area (TPSA) is 78.2 Å². The summed E-state index contributed by atoms with van der Waals surface area (Å²) in [4.78, 5) is 30.5. The van der Waals surface area contributed by atoms with Crippen molar-refractivity contribution in [1.82, 2.24) is 24.7 Å². The Morgan fingerprint density at radius 3 is 2.31 bits per heavy atom. The molecule has 0 N–H and O–H groups in total. The number of hydrogen-bond acceptors (Lipinski definition) is 8. The van der Waals surface area contributed by atoms with Crippen molar-refractivity contribution >= 4 is 11.6 Å². The second-order valence-electron chi connectivity index (χ2n) is 8.99. The zero-order valence-corrected chi connectivity index (χ0v) is 20.2. The Labute approximate surface area is 205 Å². The van der Waals surface area contributed by atoms with Crippen molar-refractivity contribution < 1.29 is 13.9 Å². The van der Waals surface area contributed by atoms with Gasteiger partial charge in [0.1, 0.15) is 12.0 Å². The lowest BCUT2D eigenvalue weighted by atomic mass is 10.2. The van der Waals surface area contributed by atoms with Gasteiger partial charge in [-0.1, -0.05) is 12.1 Å². The largest absolute Gasteiger partial charge is 0.495 e. The molecule has 4 heterocycles. The van der Waals surface area contributed by atoms with E-state index in [1.165, 1.54) is 11.8 Å². The van der Waals surface area contributed by atoms with Crippen molar-refractivity contribution in [2.24, 2.45) is 0 Å². The molecule has 3 aromatic rings. The summed E-state index contributed by atoms with van der Waals surface area (Å²) in [6, 6.07) is 12.1. The van der Waals surface area contributed by atoms with Crippen molar-refractivity contribution in [3.05, 3.63) is 72.2 Å². The Balaban J connectivity index is 1.10. The number of carbonyl (C=O) groups is 1. The van der Waals surface area contributed by atoms with Gasteiger partial charge < -0.3 is 19.0 Å². The van der Waals surface area contributed by atoms with Crippen molar-refractivity contribution in [3.63, 3.8) is 0 Å². The minimum absolute atomic E-state index is 0.0677. The number of rotatable bonds is 7. The van der Waals surface area contributed by atoms with E-state index in [2.05, 4.69) is 42.9 Å². The number of methoxy groups -OCH3 is 1. The number of aromatic nitrogens is 2. The van der Waals surface area contributed by atoms with Crippen LogP contribution < -0.4 is 9.64 Å². The molecule has 0 bridgehead atoms. The zero-order chi connectivity index (χ0) is 24.0. The number of anilines is 1. The summed E-state index contributed by atoms with van der Waals surface area (Å²) in [6.45, 7) is 8.22. The molecule has 0 atom stereocenters. The fraction of sp³-hybridized carbons (Fsp3) is 0.423. The molecule has 9 heteroatoms. The molecule has 2 fully saturated rings. The van der Waals surface area contributed by atoms with Crippen LogP contribution in [0, 0.1) is 0 Å². The van der Waals surface area contributed by atoms with Crippen molar-refractivity contribution in [3.8, 4) is 5.75 Å². The van der Waals surface area contributed by atoms with E-state index in [1.807, 2.05) is 35.5 Å². The third-order valence-electron chi connectivity index (χ3n) is 6.74. The number of piperazine rings is 2. The molecule has 0 aliphatic carbocycles. The highest BCUT2D eigenvalue weighted by Gasteiger charge is 2.26. The van der Waals surface area contributed by atoms with Crippen LogP contribution in [-0.2, 0) is 13.1 Å². The van der Waals surface area contributed by atoms with Gasteiger partial charge in [0.15, 0.2) is 5.69 Å². The number of amides is 1. The van der Waals surface area contributed by atoms with E-state index in [1.54, 1.807) is 7.11 Å². The molecule has 0 radical (unpaired) electrons. The average molecular weight is 477 g/mol. The molecular weight excluding hydrogens is 444 g/mol. The lowest BCUT2D eigenvalue weighted by Gasteiger charge is -2.36. The highest BCUT2D eigenvalue weighted by Crippen LogP contribution is 2.28. The van der Waals surface area contributed by atoms with Crippen LogP contribution in [0.1, 0.15) is 21.9 Å². The van der Waals surface area contributed by atoms with Crippen LogP contribution in [0.5, 0.6) is 5.75 Å². The maximum Gasteiger partial charge on any atom is 0.275 e. The molecule has 1 amide bonds. The number of pyridine rings is 1. The third kappa shape index (κ3) is 5.63. The molecule has 1 aromatic carbocycles. The van der Waals surface area contributed by atoms with E-state index in [-0.39, 0.29) is 5.91 Å². The summed E-state index contributed by atoms with van der Waals surface area (Å²) >= 11 is 0. The first-order valence-electron chi connectivity index (χ1n) is 12.1. The lowest BCUT2D eigenvalue weighted by Crippen LogP contribution is -2.49. The van der Waals surface area contributed by atoms with E-state index in [4.69, 9.17) is 9.15 Å². The first-order chi connectivity index (χ1) is 17.2. The first-order valence-corrected chi connectivity index (χ1v) is 12.1. The average Bonchev–Trinajstić information content (AvgIpc) is 3.38. The van der Waals surface area contributed by atoms with E-state index in [0.717, 1.165) is 57.3 Å². The van der Waals surface area contributed by atoms with Crippen LogP contribution in [-0.4, -0.2) is 90.0 Å². The van der Waals surface area contributed by atoms with E-state index in [9.17, 15) is 4.79 Å². The van der Waals surface area contributed by atoms with Gasteiger partial charge in [-0.3, -0.25) is 19.6 Å². The van der Waals surface area contributed by atoms with E-state index < -0.39 is 0 Å². The summed E-state index contributed by atoms with van der Waals surface area (Å²) in [5.74, 6) is 1.39. The molecule has 0 spiro atoms. The molecule has 184 valence electrons. The third-order valence-corrected chi connectivity index (χ3v) is 6.74. The summed E-state index contributed by atoms with van der Waals surface area (Å²) in [6.07, 6.45) is 5.19. The van der Waals surface area contributed by atoms with Gasteiger partial charge in [0.25, 0.3) is 5.91 Å².